The zero-order valence-electron chi connectivity index (χ0n) is 10.8. The summed E-state index contributed by atoms with van der Waals surface area (Å²) in [5.41, 5.74) is 1.77. The zero-order valence-corrected chi connectivity index (χ0v) is 11.7. The second-order valence-electron chi connectivity index (χ2n) is 4.83. The molecular weight excluding hydrogens is 262 g/mol. The van der Waals surface area contributed by atoms with E-state index in [0.29, 0.717) is 13.1 Å². The number of rotatable bonds is 2. The van der Waals surface area contributed by atoms with Gasteiger partial charge in [-0.05, 0) is 23.6 Å². The second-order valence-corrected chi connectivity index (χ2v) is 6.85. The Morgan fingerprint density at radius 3 is 2.58 bits per heavy atom. The molecule has 0 amide bonds. The molecule has 0 radical (unpaired) electrons. The van der Waals surface area contributed by atoms with Crippen molar-refractivity contribution in [2.24, 2.45) is 5.92 Å². The fourth-order valence-electron chi connectivity index (χ4n) is 2.18. The summed E-state index contributed by atoms with van der Waals surface area (Å²) in [4.78, 5) is 0. The Labute approximate surface area is 114 Å². The molecule has 1 saturated heterocycles. The molecule has 4 nitrogen and oxygen atoms in total. The summed E-state index contributed by atoms with van der Waals surface area (Å²) in [5.74, 6) is 5.82. The third-order valence-electron chi connectivity index (χ3n) is 3.03. The molecule has 19 heavy (non-hydrogen) atoms. The van der Waals surface area contributed by atoms with Gasteiger partial charge in [-0.1, -0.05) is 30.9 Å². The van der Waals surface area contributed by atoms with Crippen molar-refractivity contribution in [3.8, 4) is 11.8 Å². The van der Waals surface area contributed by atoms with Crippen molar-refractivity contribution in [3.63, 3.8) is 0 Å². The largest absolute Gasteiger partial charge is 0.384 e. The van der Waals surface area contributed by atoms with Crippen LogP contribution in [0.3, 0.4) is 0 Å². The van der Waals surface area contributed by atoms with Gasteiger partial charge in [0.2, 0.25) is 10.0 Å². The van der Waals surface area contributed by atoms with E-state index in [1.54, 1.807) is 0 Å². The minimum atomic E-state index is -3.09. The van der Waals surface area contributed by atoms with E-state index in [1.165, 1.54) is 4.31 Å². The maximum absolute atomic E-state index is 11.9. The Balaban J connectivity index is 2.08. The van der Waals surface area contributed by atoms with Gasteiger partial charge in [0.25, 0.3) is 0 Å². The summed E-state index contributed by atoms with van der Waals surface area (Å²) >= 11 is 0. The number of aliphatic hydroxyl groups is 1. The lowest BCUT2D eigenvalue weighted by molar-refractivity contribution is 0.350. The maximum atomic E-state index is 11.9. The lowest BCUT2D eigenvalue weighted by atomic mass is 10.1. The van der Waals surface area contributed by atoms with Crippen LogP contribution in [0.4, 0.5) is 0 Å². The van der Waals surface area contributed by atoms with Crippen LogP contribution < -0.4 is 0 Å². The third kappa shape index (κ3) is 3.57. The van der Waals surface area contributed by atoms with Crippen molar-refractivity contribution < 1.29 is 13.5 Å². The summed E-state index contributed by atoms with van der Waals surface area (Å²) in [6.07, 6.45) is 0. The topological polar surface area (TPSA) is 57.6 Å². The molecule has 0 saturated carbocycles. The van der Waals surface area contributed by atoms with Crippen LogP contribution in [0.2, 0.25) is 0 Å². The molecule has 1 atom stereocenters. The lowest BCUT2D eigenvalue weighted by Crippen LogP contribution is -2.25. The molecule has 1 heterocycles. The molecule has 0 aliphatic carbocycles. The van der Waals surface area contributed by atoms with Crippen molar-refractivity contribution in [1.29, 1.82) is 0 Å². The maximum Gasteiger partial charge on any atom is 0.214 e. The highest BCUT2D eigenvalue weighted by Gasteiger charge is 2.33. The fourth-order valence-corrected chi connectivity index (χ4v) is 4.04. The van der Waals surface area contributed by atoms with Crippen LogP contribution in [0.1, 0.15) is 18.1 Å². The first-order valence-corrected chi connectivity index (χ1v) is 7.78. The van der Waals surface area contributed by atoms with Crippen molar-refractivity contribution in [3.05, 3.63) is 35.4 Å². The van der Waals surface area contributed by atoms with Crippen molar-refractivity contribution in [2.75, 3.05) is 18.9 Å². The van der Waals surface area contributed by atoms with E-state index in [-0.39, 0.29) is 18.3 Å². The fraction of sp³-hybridized carbons (Fsp3) is 0.429. The molecule has 0 bridgehead atoms. The van der Waals surface area contributed by atoms with Crippen LogP contribution in [-0.4, -0.2) is 36.7 Å². The van der Waals surface area contributed by atoms with Gasteiger partial charge >= 0.3 is 0 Å². The van der Waals surface area contributed by atoms with Crippen molar-refractivity contribution in [2.45, 2.75) is 13.5 Å². The first-order chi connectivity index (χ1) is 9.01. The molecule has 5 heteroatoms. The van der Waals surface area contributed by atoms with Crippen molar-refractivity contribution in [1.82, 2.24) is 4.31 Å². The number of hydrogen-bond donors (Lipinski definition) is 1. The smallest absolute Gasteiger partial charge is 0.214 e. The van der Waals surface area contributed by atoms with Gasteiger partial charge in [0.15, 0.2) is 0 Å². The number of hydrogen-bond acceptors (Lipinski definition) is 3. The minimum Gasteiger partial charge on any atom is -0.384 e. The molecule has 1 N–H and O–H groups in total. The van der Waals surface area contributed by atoms with E-state index in [9.17, 15) is 8.42 Å². The number of benzene rings is 1. The molecule has 1 aromatic carbocycles. The number of sulfonamides is 1. The van der Waals surface area contributed by atoms with Gasteiger partial charge in [-0.25, -0.2) is 8.42 Å². The Kier molecular flexibility index (Phi) is 4.25. The molecule has 0 aromatic heterocycles. The summed E-state index contributed by atoms with van der Waals surface area (Å²) < 4.78 is 25.3. The van der Waals surface area contributed by atoms with E-state index < -0.39 is 10.0 Å². The van der Waals surface area contributed by atoms with Gasteiger partial charge in [0.05, 0.1) is 5.75 Å². The van der Waals surface area contributed by atoms with Gasteiger partial charge < -0.3 is 5.11 Å². The van der Waals surface area contributed by atoms with Crippen LogP contribution in [-0.2, 0) is 16.6 Å². The first kappa shape index (κ1) is 14.1. The van der Waals surface area contributed by atoms with Crippen LogP contribution in [0.15, 0.2) is 24.3 Å². The van der Waals surface area contributed by atoms with Gasteiger partial charge in [-0.2, -0.15) is 4.31 Å². The molecule has 1 unspecified atom stereocenters. The highest BCUT2D eigenvalue weighted by atomic mass is 32.2. The molecule has 1 aromatic rings. The van der Waals surface area contributed by atoms with E-state index in [2.05, 4.69) is 11.8 Å². The first-order valence-electron chi connectivity index (χ1n) is 6.18. The summed E-state index contributed by atoms with van der Waals surface area (Å²) in [5, 5.41) is 8.61. The standard InChI is InChI=1S/C14H17NO3S/c1-12-9-15(19(17,18)11-12)10-14-6-4-13(5-7-14)3-2-8-16/h4-7,12,16H,8-11H2,1H3. The lowest BCUT2D eigenvalue weighted by Gasteiger charge is -2.14. The average Bonchev–Trinajstić information content (AvgIpc) is 2.61. The van der Waals surface area contributed by atoms with Gasteiger partial charge in [0, 0.05) is 18.7 Å². The summed E-state index contributed by atoms with van der Waals surface area (Å²) in [6, 6.07) is 7.42. The Bertz CT molecular complexity index is 596. The molecule has 2 rings (SSSR count). The van der Waals surface area contributed by atoms with Crippen LogP contribution in [0, 0.1) is 17.8 Å². The monoisotopic (exact) mass is 279 g/mol. The van der Waals surface area contributed by atoms with Crippen LogP contribution in [0.5, 0.6) is 0 Å². The summed E-state index contributed by atoms with van der Waals surface area (Å²) in [7, 11) is -3.09. The number of nitrogens with zero attached hydrogens (tertiary/aromatic N) is 1. The van der Waals surface area contributed by atoms with E-state index >= 15 is 0 Å². The second kappa shape index (κ2) is 5.74. The Morgan fingerprint density at radius 1 is 1.37 bits per heavy atom. The Morgan fingerprint density at radius 2 is 2.05 bits per heavy atom. The molecule has 1 fully saturated rings. The van der Waals surface area contributed by atoms with Crippen molar-refractivity contribution >= 4 is 10.0 Å². The molecular formula is C14H17NO3S. The number of aliphatic hydroxyl groups excluding tert-OH is 1. The predicted molar refractivity (Wildman–Crippen MR) is 73.8 cm³/mol. The van der Waals surface area contributed by atoms with E-state index in [1.807, 2.05) is 31.2 Å². The third-order valence-corrected chi connectivity index (χ3v) is 5.08. The van der Waals surface area contributed by atoms with Crippen LogP contribution >= 0.6 is 0 Å². The van der Waals surface area contributed by atoms with E-state index in [0.717, 1.165) is 11.1 Å². The minimum absolute atomic E-state index is 0.161. The highest BCUT2D eigenvalue weighted by Crippen LogP contribution is 2.21. The van der Waals surface area contributed by atoms with Crippen LogP contribution in [0.25, 0.3) is 0 Å². The molecule has 102 valence electrons. The highest BCUT2D eigenvalue weighted by molar-refractivity contribution is 7.89. The Hall–Kier alpha value is -1.35. The average molecular weight is 279 g/mol. The predicted octanol–water partition coefficient (Wildman–Crippen LogP) is 0.812. The van der Waals surface area contributed by atoms with Gasteiger partial charge in [-0.3, -0.25) is 0 Å². The van der Waals surface area contributed by atoms with E-state index in [4.69, 9.17) is 5.11 Å². The SMILES string of the molecule is CC1CN(Cc2ccc(C#CCO)cc2)S(=O)(=O)C1. The van der Waals surface area contributed by atoms with Gasteiger partial charge in [0.1, 0.15) is 6.61 Å². The normalized spacial score (nSPS) is 21.9. The molecule has 1 aliphatic heterocycles. The summed E-state index contributed by atoms with van der Waals surface area (Å²) in [6.45, 7) is 2.80. The zero-order chi connectivity index (χ0) is 13.9. The molecule has 1 aliphatic rings. The quantitative estimate of drug-likeness (QED) is 0.815. The van der Waals surface area contributed by atoms with Gasteiger partial charge in [-0.15, -0.1) is 0 Å². The molecule has 0 spiro atoms.